The van der Waals surface area contributed by atoms with E-state index in [1.54, 1.807) is 12.1 Å². The van der Waals surface area contributed by atoms with Crippen LogP contribution >= 0.6 is 0 Å². The molecule has 4 heteroatoms. The zero-order valence-corrected chi connectivity index (χ0v) is 7.03. The van der Waals surface area contributed by atoms with E-state index in [0.717, 1.165) is 5.56 Å². The second kappa shape index (κ2) is 4.21. The number of aryl methyl sites for hydroxylation is 1. The van der Waals surface area contributed by atoms with Gasteiger partial charge < -0.3 is 5.73 Å². The summed E-state index contributed by atoms with van der Waals surface area (Å²) in [5.41, 5.74) is 6.10. The van der Waals surface area contributed by atoms with Crippen LogP contribution in [0.1, 0.15) is 22.5 Å². The van der Waals surface area contributed by atoms with Gasteiger partial charge in [-0.15, -0.1) is 0 Å². The summed E-state index contributed by atoms with van der Waals surface area (Å²) in [6.07, 6.45) is 2.39. The third-order valence-electron chi connectivity index (χ3n) is 1.63. The number of nitriles is 1. The smallest absolute Gasteiger partial charge is 0.267 e. The van der Waals surface area contributed by atoms with Gasteiger partial charge in [-0.3, -0.25) is 9.78 Å². The number of nitrogens with two attached hydrogens (primary N) is 1. The van der Waals surface area contributed by atoms with Crippen molar-refractivity contribution in [3.8, 4) is 6.07 Å². The number of hydrogen-bond donors (Lipinski definition) is 1. The van der Waals surface area contributed by atoms with Gasteiger partial charge in [0.15, 0.2) is 0 Å². The number of carbonyl (C=O) groups excluding carboxylic acids is 1. The summed E-state index contributed by atoms with van der Waals surface area (Å²) < 4.78 is 0. The van der Waals surface area contributed by atoms with Gasteiger partial charge in [-0.2, -0.15) is 5.26 Å². The second-order valence-corrected chi connectivity index (χ2v) is 2.53. The van der Waals surface area contributed by atoms with E-state index >= 15 is 0 Å². The van der Waals surface area contributed by atoms with Crippen molar-refractivity contribution < 1.29 is 4.79 Å². The number of primary amides is 1. The lowest BCUT2D eigenvalue weighted by Gasteiger charge is -2.01. The first-order valence-corrected chi connectivity index (χ1v) is 3.86. The van der Waals surface area contributed by atoms with Crippen molar-refractivity contribution in [2.24, 2.45) is 5.73 Å². The Morgan fingerprint density at radius 2 is 2.46 bits per heavy atom. The Balaban J connectivity index is 2.92. The molecule has 0 aliphatic carbocycles. The SMILES string of the molecule is N#CCCc1cccnc1C(N)=O. The average Bonchev–Trinajstić information content (AvgIpc) is 2.15. The van der Waals surface area contributed by atoms with Gasteiger partial charge in [0.2, 0.25) is 0 Å². The van der Waals surface area contributed by atoms with Crippen molar-refractivity contribution in [1.29, 1.82) is 5.26 Å². The first-order valence-electron chi connectivity index (χ1n) is 3.86. The van der Waals surface area contributed by atoms with Gasteiger partial charge in [-0.05, 0) is 18.1 Å². The van der Waals surface area contributed by atoms with Crippen LogP contribution in [0.2, 0.25) is 0 Å². The van der Waals surface area contributed by atoms with Gasteiger partial charge in [0.05, 0.1) is 6.07 Å². The summed E-state index contributed by atoms with van der Waals surface area (Å²) in [4.78, 5) is 14.7. The minimum atomic E-state index is -0.548. The number of hydrogen-bond acceptors (Lipinski definition) is 3. The molecule has 0 aromatic carbocycles. The molecule has 0 saturated carbocycles. The van der Waals surface area contributed by atoms with Gasteiger partial charge in [0, 0.05) is 12.6 Å². The average molecular weight is 175 g/mol. The number of nitrogens with zero attached hydrogens (tertiary/aromatic N) is 2. The molecule has 2 N–H and O–H groups in total. The normalized spacial score (nSPS) is 9.15. The Labute approximate surface area is 76.0 Å². The van der Waals surface area contributed by atoms with E-state index in [-0.39, 0.29) is 5.69 Å². The highest BCUT2D eigenvalue weighted by molar-refractivity contribution is 5.92. The van der Waals surface area contributed by atoms with E-state index in [1.165, 1.54) is 6.20 Å². The third kappa shape index (κ3) is 2.27. The molecule has 0 saturated heterocycles. The molecule has 0 spiro atoms. The van der Waals surface area contributed by atoms with E-state index in [4.69, 9.17) is 11.0 Å². The Bertz CT molecular complexity index is 354. The number of rotatable bonds is 3. The molecule has 0 aliphatic heterocycles. The lowest BCUT2D eigenvalue weighted by atomic mass is 10.1. The summed E-state index contributed by atoms with van der Waals surface area (Å²) in [7, 11) is 0. The predicted molar refractivity (Wildman–Crippen MR) is 46.7 cm³/mol. The van der Waals surface area contributed by atoms with Gasteiger partial charge >= 0.3 is 0 Å². The zero-order chi connectivity index (χ0) is 9.68. The highest BCUT2D eigenvalue weighted by atomic mass is 16.1. The van der Waals surface area contributed by atoms with Crippen LogP contribution in [0.3, 0.4) is 0 Å². The first kappa shape index (κ1) is 9.20. The summed E-state index contributed by atoms with van der Waals surface area (Å²) >= 11 is 0. The van der Waals surface area contributed by atoms with E-state index in [9.17, 15) is 4.79 Å². The van der Waals surface area contributed by atoms with Gasteiger partial charge in [-0.25, -0.2) is 0 Å². The molecule has 0 radical (unpaired) electrons. The molecule has 0 unspecified atom stereocenters. The standard InChI is InChI=1S/C9H9N3O/c10-5-1-3-7-4-2-6-12-8(7)9(11)13/h2,4,6H,1,3H2,(H2,11,13). The number of pyridine rings is 1. The van der Waals surface area contributed by atoms with Crippen LogP contribution < -0.4 is 5.73 Å². The molecule has 4 nitrogen and oxygen atoms in total. The lowest BCUT2D eigenvalue weighted by molar-refractivity contribution is 0.0994. The predicted octanol–water partition coefficient (Wildman–Crippen LogP) is 0.637. The Morgan fingerprint density at radius 1 is 1.69 bits per heavy atom. The molecule has 1 aromatic heterocycles. The zero-order valence-electron chi connectivity index (χ0n) is 7.03. The molecule has 13 heavy (non-hydrogen) atoms. The topological polar surface area (TPSA) is 79.8 Å². The molecule has 1 aromatic rings. The van der Waals surface area contributed by atoms with Gasteiger partial charge in [0.25, 0.3) is 5.91 Å². The summed E-state index contributed by atoms with van der Waals surface area (Å²) in [6.45, 7) is 0. The Kier molecular flexibility index (Phi) is 2.98. The molecule has 0 aliphatic rings. The van der Waals surface area contributed by atoms with E-state index in [1.807, 2.05) is 6.07 Å². The molecular weight excluding hydrogens is 166 g/mol. The van der Waals surface area contributed by atoms with Crippen molar-refractivity contribution in [2.45, 2.75) is 12.8 Å². The molecule has 0 atom stereocenters. The maximum atomic E-state index is 10.9. The van der Waals surface area contributed by atoms with Crippen molar-refractivity contribution in [2.75, 3.05) is 0 Å². The fourth-order valence-electron chi connectivity index (χ4n) is 1.05. The summed E-state index contributed by atoms with van der Waals surface area (Å²) in [6, 6.07) is 5.48. The van der Waals surface area contributed by atoms with Crippen LogP contribution in [-0.2, 0) is 6.42 Å². The van der Waals surface area contributed by atoms with Crippen molar-refractivity contribution in [3.63, 3.8) is 0 Å². The van der Waals surface area contributed by atoms with E-state index in [0.29, 0.717) is 12.8 Å². The monoisotopic (exact) mass is 175 g/mol. The van der Waals surface area contributed by atoms with Crippen molar-refractivity contribution in [3.05, 3.63) is 29.6 Å². The van der Waals surface area contributed by atoms with E-state index in [2.05, 4.69) is 4.98 Å². The summed E-state index contributed by atoms with van der Waals surface area (Å²) in [5, 5.41) is 8.37. The first-order chi connectivity index (χ1) is 6.25. The van der Waals surface area contributed by atoms with Crippen LogP contribution in [0.15, 0.2) is 18.3 Å². The molecular formula is C9H9N3O. The highest BCUT2D eigenvalue weighted by Gasteiger charge is 2.07. The van der Waals surface area contributed by atoms with Crippen molar-refractivity contribution in [1.82, 2.24) is 4.98 Å². The Morgan fingerprint density at radius 3 is 3.08 bits per heavy atom. The largest absolute Gasteiger partial charge is 0.364 e. The number of aromatic nitrogens is 1. The van der Waals surface area contributed by atoms with Crippen molar-refractivity contribution >= 4 is 5.91 Å². The third-order valence-corrected chi connectivity index (χ3v) is 1.63. The lowest BCUT2D eigenvalue weighted by Crippen LogP contribution is -2.15. The van der Waals surface area contributed by atoms with Crippen LogP contribution in [0.4, 0.5) is 0 Å². The van der Waals surface area contributed by atoms with Gasteiger partial charge in [-0.1, -0.05) is 6.07 Å². The minimum Gasteiger partial charge on any atom is -0.364 e. The highest BCUT2D eigenvalue weighted by Crippen LogP contribution is 2.06. The molecule has 0 bridgehead atoms. The summed E-state index contributed by atoms with van der Waals surface area (Å²) in [5.74, 6) is -0.548. The van der Waals surface area contributed by atoms with Crippen LogP contribution in [-0.4, -0.2) is 10.9 Å². The number of amides is 1. The maximum Gasteiger partial charge on any atom is 0.267 e. The Hall–Kier alpha value is -1.89. The van der Waals surface area contributed by atoms with Crippen LogP contribution in [0.5, 0.6) is 0 Å². The fourth-order valence-corrected chi connectivity index (χ4v) is 1.05. The van der Waals surface area contributed by atoms with Gasteiger partial charge in [0.1, 0.15) is 5.69 Å². The maximum absolute atomic E-state index is 10.9. The fraction of sp³-hybridized carbons (Fsp3) is 0.222. The molecule has 1 amide bonds. The molecule has 1 heterocycles. The van der Waals surface area contributed by atoms with Crippen LogP contribution in [0, 0.1) is 11.3 Å². The second-order valence-electron chi connectivity index (χ2n) is 2.53. The van der Waals surface area contributed by atoms with E-state index < -0.39 is 5.91 Å². The molecule has 1 rings (SSSR count). The quantitative estimate of drug-likeness (QED) is 0.731. The molecule has 0 fully saturated rings. The van der Waals surface area contributed by atoms with Crippen LogP contribution in [0.25, 0.3) is 0 Å². The minimum absolute atomic E-state index is 0.262. The molecule has 66 valence electrons. The number of carbonyl (C=O) groups is 1.